The van der Waals surface area contributed by atoms with E-state index >= 15 is 0 Å². The fourth-order valence-corrected chi connectivity index (χ4v) is 1.86. The Hall–Kier alpha value is -2.63. The van der Waals surface area contributed by atoms with Crippen molar-refractivity contribution in [3.05, 3.63) is 58.5 Å². The van der Waals surface area contributed by atoms with Gasteiger partial charge in [0.05, 0.1) is 0 Å². The van der Waals surface area contributed by atoms with Crippen LogP contribution < -0.4 is 15.8 Å². The fraction of sp³-hybridized carbons (Fsp3) is 0.267. The Kier molecular flexibility index (Phi) is 4.71. The minimum atomic E-state index is -0.330. The molecular weight excluding hydrogens is 268 g/mol. The number of hydrogen-bond acceptors (Lipinski definition) is 4. The number of aromatic amines is 1. The molecule has 2 rings (SSSR count). The maximum atomic E-state index is 11.9. The van der Waals surface area contributed by atoms with Crippen molar-refractivity contribution < 1.29 is 4.79 Å². The summed E-state index contributed by atoms with van der Waals surface area (Å²) in [5, 5.41) is 8.74. The summed E-state index contributed by atoms with van der Waals surface area (Å²) in [6.45, 7) is 2.50. The van der Waals surface area contributed by atoms with Gasteiger partial charge in [-0.25, -0.2) is 5.10 Å². The number of nitrogens with zero attached hydrogens (tertiary/aromatic N) is 2. The van der Waals surface area contributed by atoms with Crippen LogP contribution in [0.25, 0.3) is 0 Å². The summed E-state index contributed by atoms with van der Waals surface area (Å²) >= 11 is 0. The van der Waals surface area contributed by atoms with Gasteiger partial charge in [0.25, 0.3) is 11.5 Å². The summed E-state index contributed by atoms with van der Waals surface area (Å²) in [6.07, 6.45) is 0. The Bertz CT molecular complexity index is 634. The van der Waals surface area contributed by atoms with Gasteiger partial charge in [-0.1, -0.05) is 18.2 Å². The highest BCUT2D eigenvalue weighted by Gasteiger charge is 2.13. The van der Waals surface area contributed by atoms with Crippen molar-refractivity contribution >= 4 is 11.6 Å². The zero-order valence-corrected chi connectivity index (χ0v) is 12.0. The first-order chi connectivity index (χ1) is 10.1. The smallest absolute Gasteiger partial charge is 0.271 e. The average Bonchev–Trinajstić information content (AvgIpc) is 2.53. The van der Waals surface area contributed by atoms with Gasteiger partial charge >= 0.3 is 0 Å². The number of nitrogens with one attached hydrogen (secondary N) is 2. The Morgan fingerprint density at radius 2 is 2.00 bits per heavy atom. The van der Waals surface area contributed by atoms with Crippen molar-refractivity contribution in [2.24, 2.45) is 0 Å². The van der Waals surface area contributed by atoms with Gasteiger partial charge < -0.3 is 10.2 Å². The summed E-state index contributed by atoms with van der Waals surface area (Å²) in [6, 6.07) is 12.7. The van der Waals surface area contributed by atoms with E-state index in [9.17, 15) is 9.59 Å². The molecular formula is C15H18N4O2. The summed E-state index contributed by atoms with van der Waals surface area (Å²) in [5.41, 5.74) is 0.953. The lowest BCUT2D eigenvalue weighted by Crippen LogP contribution is -2.40. The molecule has 0 unspecified atom stereocenters. The predicted molar refractivity (Wildman–Crippen MR) is 81.5 cm³/mol. The molecule has 0 radical (unpaired) electrons. The molecule has 0 spiro atoms. The lowest BCUT2D eigenvalue weighted by molar-refractivity contribution is 0.0945. The SMILES string of the molecule is C[C@H](CNC(=O)c1ccc(=O)[nH]n1)N(C)c1ccccc1. The second-order valence-electron chi connectivity index (χ2n) is 4.81. The van der Waals surface area contributed by atoms with Crippen molar-refractivity contribution in [3.63, 3.8) is 0 Å². The van der Waals surface area contributed by atoms with Crippen LogP contribution in [0.5, 0.6) is 0 Å². The fourth-order valence-electron chi connectivity index (χ4n) is 1.86. The van der Waals surface area contributed by atoms with Crippen LogP contribution >= 0.6 is 0 Å². The number of benzene rings is 1. The molecule has 21 heavy (non-hydrogen) atoms. The molecule has 1 amide bonds. The standard InChI is InChI=1S/C15H18N4O2/c1-11(19(2)12-6-4-3-5-7-12)10-16-15(21)13-8-9-14(20)18-17-13/h3-9,11H,10H2,1-2H3,(H,16,21)(H,18,20)/t11-/m1/s1. The molecule has 1 aromatic carbocycles. The zero-order chi connectivity index (χ0) is 15.2. The van der Waals surface area contributed by atoms with E-state index in [1.54, 1.807) is 0 Å². The van der Waals surface area contributed by atoms with Crippen molar-refractivity contribution in [1.29, 1.82) is 0 Å². The molecule has 0 fully saturated rings. The lowest BCUT2D eigenvalue weighted by Gasteiger charge is -2.27. The molecule has 2 N–H and O–H groups in total. The third-order valence-corrected chi connectivity index (χ3v) is 3.29. The summed E-state index contributed by atoms with van der Waals surface area (Å²) in [4.78, 5) is 24.9. The molecule has 0 saturated heterocycles. The van der Waals surface area contributed by atoms with E-state index in [1.165, 1.54) is 12.1 Å². The molecule has 6 nitrogen and oxygen atoms in total. The van der Waals surface area contributed by atoms with Crippen LogP contribution in [0.1, 0.15) is 17.4 Å². The van der Waals surface area contributed by atoms with Gasteiger partial charge in [-0.15, -0.1) is 0 Å². The van der Waals surface area contributed by atoms with E-state index in [-0.39, 0.29) is 23.2 Å². The lowest BCUT2D eigenvalue weighted by atomic mass is 10.2. The van der Waals surface area contributed by atoms with Gasteiger partial charge in [0.1, 0.15) is 5.69 Å². The summed E-state index contributed by atoms with van der Waals surface area (Å²) in [7, 11) is 1.98. The number of hydrogen-bond donors (Lipinski definition) is 2. The molecule has 1 aromatic heterocycles. The number of anilines is 1. The largest absolute Gasteiger partial charge is 0.370 e. The number of rotatable bonds is 5. The van der Waals surface area contributed by atoms with E-state index < -0.39 is 0 Å². The maximum absolute atomic E-state index is 11.9. The molecule has 0 aliphatic rings. The topological polar surface area (TPSA) is 78.1 Å². The number of H-pyrrole nitrogens is 1. The van der Waals surface area contributed by atoms with Gasteiger partial charge in [0, 0.05) is 31.4 Å². The van der Waals surface area contributed by atoms with Crippen molar-refractivity contribution in [1.82, 2.24) is 15.5 Å². The van der Waals surface area contributed by atoms with Crippen molar-refractivity contribution in [2.75, 3.05) is 18.5 Å². The zero-order valence-electron chi connectivity index (χ0n) is 12.0. The van der Waals surface area contributed by atoms with E-state index in [1.807, 2.05) is 44.3 Å². The van der Waals surface area contributed by atoms with Gasteiger partial charge in [-0.2, -0.15) is 5.10 Å². The first-order valence-corrected chi connectivity index (χ1v) is 6.70. The van der Waals surface area contributed by atoms with E-state index in [0.29, 0.717) is 6.54 Å². The monoisotopic (exact) mass is 286 g/mol. The van der Waals surface area contributed by atoms with Gasteiger partial charge in [-0.3, -0.25) is 9.59 Å². The molecule has 1 atom stereocenters. The minimum absolute atomic E-state index is 0.124. The molecule has 0 bridgehead atoms. The summed E-state index contributed by atoms with van der Waals surface area (Å²) in [5.74, 6) is -0.306. The van der Waals surface area contributed by atoms with Crippen LogP contribution in [-0.2, 0) is 0 Å². The molecule has 110 valence electrons. The van der Waals surface area contributed by atoms with Gasteiger partial charge in [-0.05, 0) is 25.1 Å². The highest BCUT2D eigenvalue weighted by molar-refractivity contribution is 5.92. The van der Waals surface area contributed by atoms with Crippen LogP contribution in [-0.4, -0.2) is 35.7 Å². The average molecular weight is 286 g/mol. The number of carbonyl (C=O) groups is 1. The number of aromatic nitrogens is 2. The van der Waals surface area contributed by atoms with Crippen LogP contribution in [0.2, 0.25) is 0 Å². The number of para-hydroxylation sites is 1. The van der Waals surface area contributed by atoms with Crippen LogP contribution in [0.4, 0.5) is 5.69 Å². The molecule has 1 heterocycles. The van der Waals surface area contributed by atoms with E-state index in [0.717, 1.165) is 5.69 Å². The molecule has 6 heteroatoms. The van der Waals surface area contributed by atoms with Gasteiger partial charge in [0.2, 0.25) is 0 Å². The third kappa shape index (κ3) is 3.92. The Morgan fingerprint density at radius 1 is 1.29 bits per heavy atom. The normalized spacial score (nSPS) is 11.7. The number of carbonyl (C=O) groups excluding carboxylic acids is 1. The summed E-state index contributed by atoms with van der Waals surface area (Å²) < 4.78 is 0. The number of amides is 1. The maximum Gasteiger partial charge on any atom is 0.271 e. The van der Waals surface area contributed by atoms with Crippen LogP contribution in [0, 0.1) is 0 Å². The van der Waals surface area contributed by atoms with Crippen LogP contribution in [0.3, 0.4) is 0 Å². The Balaban J connectivity index is 1.91. The Morgan fingerprint density at radius 3 is 2.62 bits per heavy atom. The highest BCUT2D eigenvalue weighted by atomic mass is 16.2. The minimum Gasteiger partial charge on any atom is -0.370 e. The Labute approximate surface area is 122 Å². The first-order valence-electron chi connectivity index (χ1n) is 6.70. The molecule has 0 saturated carbocycles. The highest BCUT2D eigenvalue weighted by Crippen LogP contribution is 2.13. The second-order valence-corrected chi connectivity index (χ2v) is 4.81. The molecule has 0 aliphatic heterocycles. The van der Waals surface area contributed by atoms with Gasteiger partial charge in [0.15, 0.2) is 0 Å². The third-order valence-electron chi connectivity index (χ3n) is 3.29. The number of likely N-dealkylation sites (N-methyl/N-ethyl adjacent to an activating group) is 1. The van der Waals surface area contributed by atoms with E-state index in [2.05, 4.69) is 20.4 Å². The quantitative estimate of drug-likeness (QED) is 0.860. The first kappa shape index (κ1) is 14.8. The van der Waals surface area contributed by atoms with Crippen molar-refractivity contribution in [3.8, 4) is 0 Å². The second kappa shape index (κ2) is 6.69. The molecule has 0 aliphatic carbocycles. The van der Waals surface area contributed by atoms with Crippen LogP contribution in [0.15, 0.2) is 47.3 Å². The predicted octanol–water partition coefficient (Wildman–Crippen LogP) is 1.02. The van der Waals surface area contributed by atoms with Crippen molar-refractivity contribution in [2.45, 2.75) is 13.0 Å². The molecule has 2 aromatic rings. The van der Waals surface area contributed by atoms with E-state index in [4.69, 9.17) is 0 Å².